The predicted molar refractivity (Wildman–Crippen MR) is 155 cm³/mol. The highest BCUT2D eigenvalue weighted by atomic mass is 35.5. The van der Waals surface area contributed by atoms with Crippen LogP contribution in [0.1, 0.15) is 58.6 Å². The summed E-state index contributed by atoms with van der Waals surface area (Å²) >= 11 is 12.7. The van der Waals surface area contributed by atoms with Crippen LogP contribution in [0.15, 0.2) is 78.9 Å². The van der Waals surface area contributed by atoms with Crippen LogP contribution < -0.4 is 0 Å². The molecule has 1 fully saturated rings. The van der Waals surface area contributed by atoms with Gasteiger partial charge in [0.2, 0.25) is 0 Å². The lowest BCUT2D eigenvalue weighted by Gasteiger charge is -2.40. The second-order valence-electron chi connectivity index (χ2n) is 10.5. The van der Waals surface area contributed by atoms with Crippen molar-refractivity contribution >= 4 is 35.2 Å². The van der Waals surface area contributed by atoms with Gasteiger partial charge in [-0.05, 0) is 85.6 Å². The van der Waals surface area contributed by atoms with E-state index in [2.05, 4.69) is 47.4 Å². The number of carbonyl (C=O) groups excluding carboxylic acids is 1. The summed E-state index contributed by atoms with van der Waals surface area (Å²) < 4.78 is 0. The lowest BCUT2D eigenvalue weighted by molar-refractivity contribution is 0.0791. The highest BCUT2D eigenvalue weighted by Gasteiger charge is 2.38. The van der Waals surface area contributed by atoms with Gasteiger partial charge >= 0.3 is 0 Å². The molecule has 1 saturated heterocycles. The summed E-state index contributed by atoms with van der Waals surface area (Å²) in [4.78, 5) is 17.2. The van der Waals surface area contributed by atoms with E-state index in [0.29, 0.717) is 16.0 Å². The Kier molecular flexibility index (Phi) is 8.04. The van der Waals surface area contributed by atoms with Crippen molar-refractivity contribution in [2.24, 2.45) is 0 Å². The van der Waals surface area contributed by atoms with Crippen LogP contribution in [0.4, 0.5) is 0 Å². The monoisotopic (exact) mass is 532 g/mol. The van der Waals surface area contributed by atoms with Crippen molar-refractivity contribution in [2.75, 3.05) is 33.2 Å². The number of fused-ring (bicyclic) bond motifs is 2. The van der Waals surface area contributed by atoms with E-state index in [9.17, 15) is 4.79 Å². The molecule has 2 aliphatic rings. The van der Waals surface area contributed by atoms with Crippen LogP contribution in [0.25, 0.3) is 6.08 Å². The zero-order valence-corrected chi connectivity index (χ0v) is 22.9. The van der Waals surface area contributed by atoms with E-state index < -0.39 is 0 Å². The number of benzene rings is 3. The van der Waals surface area contributed by atoms with Gasteiger partial charge in [-0.25, -0.2) is 0 Å². The molecule has 3 aromatic carbocycles. The number of hydrogen-bond donors (Lipinski definition) is 0. The lowest BCUT2D eigenvalue weighted by atomic mass is 9.74. The van der Waals surface area contributed by atoms with E-state index >= 15 is 0 Å². The van der Waals surface area contributed by atoms with Gasteiger partial charge in [0.05, 0.1) is 10.0 Å². The molecule has 0 aromatic heterocycles. The summed E-state index contributed by atoms with van der Waals surface area (Å²) in [6.07, 6.45) is 8.93. The molecule has 1 heterocycles. The Hall–Kier alpha value is -2.59. The number of rotatable bonds is 8. The van der Waals surface area contributed by atoms with Crippen LogP contribution in [0.2, 0.25) is 10.0 Å². The Morgan fingerprint density at radius 3 is 2.46 bits per heavy atom. The zero-order chi connectivity index (χ0) is 25.8. The van der Waals surface area contributed by atoms with Gasteiger partial charge in [-0.2, -0.15) is 0 Å². The molecule has 0 radical (unpaired) electrons. The summed E-state index contributed by atoms with van der Waals surface area (Å²) in [5, 5.41) is 1.19. The van der Waals surface area contributed by atoms with Crippen molar-refractivity contribution in [2.45, 2.75) is 37.0 Å². The van der Waals surface area contributed by atoms with Crippen molar-refractivity contribution in [3.8, 4) is 0 Å². The molecule has 1 atom stereocenters. The molecule has 0 saturated carbocycles. The van der Waals surface area contributed by atoms with Gasteiger partial charge in [-0.15, -0.1) is 0 Å². The molecule has 1 spiro atoms. The van der Waals surface area contributed by atoms with E-state index in [0.717, 1.165) is 57.4 Å². The first-order valence-corrected chi connectivity index (χ1v) is 14.0. The Morgan fingerprint density at radius 1 is 0.973 bits per heavy atom. The van der Waals surface area contributed by atoms with Crippen molar-refractivity contribution in [1.82, 2.24) is 9.80 Å². The number of hydrogen-bond acceptors (Lipinski definition) is 2. The van der Waals surface area contributed by atoms with Gasteiger partial charge in [-0.3, -0.25) is 4.79 Å². The first kappa shape index (κ1) is 26.0. The number of piperidine rings is 1. The van der Waals surface area contributed by atoms with E-state index in [-0.39, 0.29) is 11.3 Å². The quantitative estimate of drug-likeness (QED) is 0.296. The molecule has 1 unspecified atom stereocenters. The Labute approximate surface area is 230 Å². The van der Waals surface area contributed by atoms with Crippen LogP contribution in [-0.2, 0) is 5.41 Å². The molecule has 192 valence electrons. The third-order valence-electron chi connectivity index (χ3n) is 8.13. The van der Waals surface area contributed by atoms with Crippen LogP contribution in [0.3, 0.4) is 0 Å². The molecule has 1 aliphatic heterocycles. The smallest absolute Gasteiger partial charge is 0.253 e. The lowest BCUT2D eigenvalue weighted by Crippen LogP contribution is -2.42. The van der Waals surface area contributed by atoms with Crippen molar-refractivity contribution < 1.29 is 4.79 Å². The molecule has 5 heteroatoms. The highest BCUT2D eigenvalue weighted by molar-refractivity contribution is 6.42. The third kappa shape index (κ3) is 5.80. The molecule has 3 aromatic rings. The van der Waals surface area contributed by atoms with Gasteiger partial charge in [0.25, 0.3) is 5.91 Å². The van der Waals surface area contributed by atoms with Crippen LogP contribution in [0, 0.1) is 0 Å². The van der Waals surface area contributed by atoms with E-state index in [4.69, 9.17) is 23.2 Å². The van der Waals surface area contributed by atoms with E-state index in [1.165, 1.54) is 16.7 Å². The Morgan fingerprint density at radius 2 is 1.70 bits per heavy atom. The fraction of sp³-hybridized carbons (Fsp3) is 0.344. The summed E-state index contributed by atoms with van der Waals surface area (Å²) in [7, 11) is 1.89. The number of carbonyl (C=O) groups is 1. The topological polar surface area (TPSA) is 23.6 Å². The average molecular weight is 534 g/mol. The zero-order valence-electron chi connectivity index (χ0n) is 21.4. The maximum atomic E-state index is 12.8. The van der Waals surface area contributed by atoms with Gasteiger partial charge in [0, 0.05) is 31.1 Å². The molecule has 3 nitrogen and oxygen atoms in total. The first-order valence-electron chi connectivity index (χ1n) is 13.2. The minimum absolute atomic E-state index is 0.0675. The van der Waals surface area contributed by atoms with Crippen molar-refractivity contribution in [3.63, 3.8) is 0 Å². The van der Waals surface area contributed by atoms with Crippen LogP contribution in [0.5, 0.6) is 0 Å². The summed E-state index contributed by atoms with van der Waals surface area (Å²) in [6.45, 7) is 3.85. The van der Waals surface area contributed by atoms with Gasteiger partial charge in [0.1, 0.15) is 0 Å². The second-order valence-corrected chi connectivity index (χ2v) is 11.3. The number of halogens is 2. The largest absolute Gasteiger partial charge is 0.342 e. The number of nitrogens with zero attached hydrogens (tertiary/aromatic N) is 2. The molecule has 37 heavy (non-hydrogen) atoms. The molecule has 0 N–H and O–H groups in total. The van der Waals surface area contributed by atoms with Gasteiger partial charge < -0.3 is 9.80 Å². The van der Waals surface area contributed by atoms with E-state index in [1.54, 1.807) is 0 Å². The van der Waals surface area contributed by atoms with Crippen LogP contribution in [-0.4, -0.2) is 48.9 Å². The fourth-order valence-corrected chi connectivity index (χ4v) is 6.23. The molecular formula is C32H34Cl2N2O. The van der Waals surface area contributed by atoms with Crippen LogP contribution >= 0.6 is 23.2 Å². The normalized spacial score (nSPS) is 17.1. The maximum absolute atomic E-state index is 12.8. The summed E-state index contributed by atoms with van der Waals surface area (Å²) in [5.41, 5.74) is 5.00. The molecule has 5 rings (SSSR count). The molecular weight excluding hydrogens is 499 g/mol. The Balaban J connectivity index is 1.23. The minimum atomic E-state index is 0.0675. The Bertz CT molecular complexity index is 1260. The highest BCUT2D eigenvalue weighted by Crippen LogP contribution is 2.44. The second kappa shape index (κ2) is 11.4. The minimum Gasteiger partial charge on any atom is -0.342 e. The molecule has 1 aliphatic carbocycles. The van der Waals surface area contributed by atoms with Gasteiger partial charge in [-0.1, -0.05) is 83.9 Å². The maximum Gasteiger partial charge on any atom is 0.253 e. The van der Waals surface area contributed by atoms with Crippen molar-refractivity contribution in [3.05, 3.63) is 111 Å². The van der Waals surface area contributed by atoms with Crippen molar-refractivity contribution in [1.29, 1.82) is 0 Å². The third-order valence-corrected chi connectivity index (χ3v) is 8.87. The number of allylic oxidation sites excluding steroid dienone is 1. The fourth-order valence-electron chi connectivity index (χ4n) is 5.92. The number of amides is 1. The van der Waals surface area contributed by atoms with E-state index in [1.807, 2.05) is 54.4 Å². The van der Waals surface area contributed by atoms with Gasteiger partial charge in [0.15, 0.2) is 0 Å². The first-order chi connectivity index (χ1) is 17.9. The molecule has 1 amide bonds. The predicted octanol–water partition coefficient (Wildman–Crippen LogP) is 7.69. The number of likely N-dealkylation sites (tertiary alicyclic amines) is 1. The standard InChI is InChI=1S/C32H34Cl2N2O/c1-35(31(37)25-9-3-2-4-10-25)19-7-11-27(26-13-14-29(33)30(34)22-26)23-36-20-17-32(18-21-36)16-15-24-8-5-6-12-28(24)32/h2-6,8-10,12-16,22,27H,7,11,17-21,23H2,1H3. The molecule has 0 bridgehead atoms. The SMILES string of the molecule is CN(CCCC(CN1CCC2(C=Cc3ccccc32)CC1)c1ccc(Cl)c(Cl)c1)C(=O)c1ccccc1. The average Bonchev–Trinajstić information content (AvgIpc) is 3.29. The summed E-state index contributed by atoms with van der Waals surface area (Å²) in [6, 6.07) is 24.4. The summed E-state index contributed by atoms with van der Waals surface area (Å²) in [5.74, 6) is 0.397.